The number of carbonyl (C=O) groups is 1. The summed E-state index contributed by atoms with van der Waals surface area (Å²) in [5, 5.41) is 7.52. The number of anilines is 1. The van der Waals surface area contributed by atoms with Crippen LogP contribution in [-0.2, 0) is 11.8 Å². The Morgan fingerprint density at radius 2 is 2.03 bits per heavy atom. The first-order valence-electron chi connectivity index (χ1n) is 10.0. The average Bonchev–Trinajstić information content (AvgIpc) is 3.14. The monoisotopic (exact) mass is 397 g/mol. The smallest absolute Gasteiger partial charge is 0.246 e. The summed E-state index contributed by atoms with van der Waals surface area (Å²) in [5.74, 6) is 0.844. The third-order valence-corrected chi connectivity index (χ3v) is 5.08. The molecule has 1 aromatic heterocycles. The highest BCUT2D eigenvalue weighted by atomic mass is 16.2. The molecule has 0 spiro atoms. The minimum absolute atomic E-state index is 0.0575. The predicted molar refractivity (Wildman–Crippen MR) is 116 cm³/mol. The largest absolute Gasteiger partial charge is 0.357 e. The molecule has 156 valence electrons. The van der Waals surface area contributed by atoms with E-state index in [0.717, 1.165) is 24.7 Å². The maximum Gasteiger partial charge on any atom is 0.246 e. The van der Waals surface area contributed by atoms with Gasteiger partial charge < -0.3 is 20.0 Å². The Balaban J connectivity index is 1.71. The van der Waals surface area contributed by atoms with Crippen molar-refractivity contribution < 1.29 is 4.79 Å². The number of aryl methyl sites for hydroxylation is 1. The van der Waals surface area contributed by atoms with Crippen LogP contribution in [0.4, 0.5) is 5.69 Å². The number of benzene rings is 1. The molecule has 2 heterocycles. The van der Waals surface area contributed by atoms with Crippen LogP contribution in [0.2, 0.25) is 0 Å². The molecule has 1 atom stereocenters. The Kier molecular flexibility index (Phi) is 6.87. The topological polar surface area (TPSA) is 69.0 Å². The molecular formula is C21H31N7O. The number of guanidine groups is 1. The number of hydrogen-bond acceptors (Lipinski definition) is 4. The summed E-state index contributed by atoms with van der Waals surface area (Å²) < 4.78 is 1.71. The van der Waals surface area contributed by atoms with Gasteiger partial charge in [0.1, 0.15) is 6.54 Å². The van der Waals surface area contributed by atoms with Crippen molar-refractivity contribution in [3.8, 4) is 0 Å². The summed E-state index contributed by atoms with van der Waals surface area (Å²) in [4.78, 5) is 23.6. The summed E-state index contributed by atoms with van der Waals surface area (Å²) in [6.07, 6.45) is 3.60. The number of amides is 1. The number of carbonyl (C=O) groups excluding carboxylic acids is 1. The molecule has 1 aliphatic heterocycles. The molecule has 1 unspecified atom stereocenters. The number of piperazine rings is 1. The quantitative estimate of drug-likeness (QED) is 0.588. The third-order valence-electron chi connectivity index (χ3n) is 5.08. The van der Waals surface area contributed by atoms with Crippen molar-refractivity contribution in [2.24, 2.45) is 12.0 Å². The van der Waals surface area contributed by atoms with Gasteiger partial charge in [0.05, 0.1) is 24.5 Å². The zero-order valence-corrected chi connectivity index (χ0v) is 17.7. The number of aromatic nitrogens is 2. The Morgan fingerprint density at radius 1 is 1.28 bits per heavy atom. The first-order chi connectivity index (χ1) is 14.0. The average molecular weight is 398 g/mol. The number of aliphatic imine (C=N–C) groups is 1. The van der Waals surface area contributed by atoms with Crippen molar-refractivity contribution in [3.63, 3.8) is 0 Å². The summed E-state index contributed by atoms with van der Waals surface area (Å²) in [5.41, 5.74) is 2.07. The second-order valence-corrected chi connectivity index (χ2v) is 7.42. The maximum atomic E-state index is 12.7. The van der Waals surface area contributed by atoms with Gasteiger partial charge in [-0.2, -0.15) is 5.10 Å². The second kappa shape index (κ2) is 9.56. The van der Waals surface area contributed by atoms with Gasteiger partial charge in [0.15, 0.2) is 5.96 Å². The highest BCUT2D eigenvalue weighted by Gasteiger charge is 2.28. The molecule has 1 fully saturated rings. The molecule has 2 aromatic rings. The van der Waals surface area contributed by atoms with Gasteiger partial charge in [-0.25, -0.2) is 0 Å². The van der Waals surface area contributed by atoms with Crippen LogP contribution in [0.1, 0.15) is 18.5 Å². The fourth-order valence-corrected chi connectivity index (χ4v) is 3.52. The number of nitrogens with one attached hydrogen (secondary N) is 1. The molecule has 0 bridgehead atoms. The molecule has 3 rings (SSSR count). The van der Waals surface area contributed by atoms with Crippen LogP contribution in [0.5, 0.6) is 0 Å². The van der Waals surface area contributed by atoms with Gasteiger partial charge in [-0.15, -0.1) is 0 Å². The lowest BCUT2D eigenvalue weighted by molar-refractivity contribution is -0.120. The van der Waals surface area contributed by atoms with E-state index in [0.29, 0.717) is 19.6 Å². The highest BCUT2D eigenvalue weighted by Crippen LogP contribution is 2.19. The van der Waals surface area contributed by atoms with Crippen LogP contribution >= 0.6 is 0 Å². The molecule has 0 saturated carbocycles. The molecule has 1 N–H and O–H groups in total. The zero-order valence-electron chi connectivity index (χ0n) is 17.7. The number of rotatable bonds is 6. The van der Waals surface area contributed by atoms with Gasteiger partial charge >= 0.3 is 0 Å². The van der Waals surface area contributed by atoms with Crippen LogP contribution in [0, 0.1) is 0 Å². The van der Waals surface area contributed by atoms with E-state index in [1.165, 1.54) is 5.56 Å². The zero-order chi connectivity index (χ0) is 20.8. The van der Waals surface area contributed by atoms with Crippen molar-refractivity contribution in [1.29, 1.82) is 0 Å². The van der Waals surface area contributed by atoms with E-state index in [1.54, 1.807) is 15.8 Å². The van der Waals surface area contributed by atoms with Crippen LogP contribution in [0.3, 0.4) is 0 Å². The summed E-state index contributed by atoms with van der Waals surface area (Å²) >= 11 is 0. The van der Waals surface area contributed by atoms with Crippen molar-refractivity contribution in [3.05, 3.63) is 48.3 Å². The van der Waals surface area contributed by atoms with Gasteiger partial charge in [0.2, 0.25) is 5.91 Å². The summed E-state index contributed by atoms with van der Waals surface area (Å²) in [6.45, 7) is 5.07. The fourth-order valence-electron chi connectivity index (χ4n) is 3.52. The molecule has 1 amide bonds. The molecule has 8 nitrogen and oxygen atoms in total. The van der Waals surface area contributed by atoms with E-state index in [9.17, 15) is 4.79 Å². The fraction of sp³-hybridized carbons (Fsp3) is 0.476. The van der Waals surface area contributed by atoms with E-state index in [-0.39, 0.29) is 11.9 Å². The van der Waals surface area contributed by atoms with Crippen LogP contribution in [0.15, 0.2) is 47.7 Å². The Hall–Kier alpha value is -2.87. The summed E-state index contributed by atoms with van der Waals surface area (Å²) in [7, 11) is 5.99. The standard InChI is InChI=1S/C21H31N7O/c1-5-22-21(23-14-19(25(2)3)17-9-7-6-8-10-17)27-11-12-28(20(29)16-27)18-13-24-26(4)15-18/h6-10,13,15,19H,5,11-12,14,16H2,1-4H3,(H,22,23). The normalized spacial score (nSPS) is 16.4. The number of likely N-dealkylation sites (N-methyl/N-ethyl adjacent to an activating group) is 1. The molecule has 1 aliphatic rings. The van der Waals surface area contributed by atoms with E-state index < -0.39 is 0 Å². The lowest BCUT2D eigenvalue weighted by atomic mass is 10.1. The molecular weight excluding hydrogens is 366 g/mol. The number of nitrogens with zero attached hydrogens (tertiary/aromatic N) is 6. The first-order valence-corrected chi connectivity index (χ1v) is 10.0. The SMILES string of the molecule is CCNC(=NCC(c1ccccc1)N(C)C)N1CCN(c2cnn(C)c2)C(=O)C1. The lowest BCUT2D eigenvalue weighted by Crippen LogP contribution is -2.55. The molecule has 29 heavy (non-hydrogen) atoms. The maximum absolute atomic E-state index is 12.7. The third kappa shape index (κ3) is 5.14. The van der Waals surface area contributed by atoms with Gasteiger partial charge in [-0.3, -0.25) is 14.5 Å². The predicted octanol–water partition coefficient (Wildman–Crippen LogP) is 1.34. The summed E-state index contributed by atoms with van der Waals surface area (Å²) in [6, 6.07) is 10.6. The van der Waals surface area contributed by atoms with Gasteiger partial charge in [-0.05, 0) is 26.6 Å². The van der Waals surface area contributed by atoms with Gasteiger partial charge in [-0.1, -0.05) is 30.3 Å². The van der Waals surface area contributed by atoms with E-state index >= 15 is 0 Å². The van der Waals surface area contributed by atoms with Crippen molar-refractivity contribution in [1.82, 2.24) is 24.9 Å². The van der Waals surface area contributed by atoms with Gasteiger partial charge in [0, 0.05) is 32.9 Å². The van der Waals surface area contributed by atoms with E-state index in [2.05, 4.69) is 53.7 Å². The molecule has 1 aromatic carbocycles. The van der Waals surface area contributed by atoms with Crippen molar-refractivity contribution >= 4 is 17.6 Å². The van der Waals surface area contributed by atoms with Gasteiger partial charge in [0.25, 0.3) is 0 Å². The first kappa shape index (κ1) is 20.9. The molecule has 8 heteroatoms. The second-order valence-electron chi connectivity index (χ2n) is 7.42. The molecule has 0 aliphatic carbocycles. The Labute approximate surface area is 172 Å². The van der Waals surface area contributed by atoms with Crippen molar-refractivity contribution in [2.75, 3.05) is 51.7 Å². The van der Waals surface area contributed by atoms with Crippen LogP contribution in [0.25, 0.3) is 0 Å². The van der Waals surface area contributed by atoms with Crippen molar-refractivity contribution in [2.45, 2.75) is 13.0 Å². The highest BCUT2D eigenvalue weighted by molar-refractivity contribution is 5.98. The lowest BCUT2D eigenvalue weighted by Gasteiger charge is -2.35. The minimum atomic E-state index is 0.0575. The minimum Gasteiger partial charge on any atom is -0.357 e. The van der Waals surface area contributed by atoms with E-state index in [1.807, 2.05) is 31.1 Å². The Bertz CT molecular complexity index is 831. The molecule has 0 radical (unpaired) electrons. The van der Waals surface area contributed by atoms with E-state index in [4.69, 9.17) is 4.99 Å². The number of hydrogen-bond donors (Lipinski definition) is 1. The Morgan fingerprint density at radius 3 is 2.62 bits per heavy atom. The molecule has 1 saturated heterocycles. The van der Waals surface area contributed by atoms with Crippen LogP contribution < -0.4 is 10.2 Å². The van der Waals surface area contributed by atoms with Crippen LogP contribution in [-0.4, -0.2) is 78.3 Å².